The van der Waals surface area contributed by atoms with Crippen LogP contribution in [-0.4, -0.2) is 39.6 Å². The number of nitrogens with one attached hydrogen (secondary N) is 1. The van der Waals surface area contributed by atoms with Crippen LogP contribution in [0.4, 0.5) is 0 Å². The molecule has 0 fully saturated rings. The van der Waals surface area contributed by atoms with Gasteiger partial charge in [0.1, 0.15) is 5.60 Å². The highest BCUT2D eigenvalue weighted by Crippen LogP contribution is 2.36. The SMILES string of the molecule is CC(C)(C)OC(=O)CNCCO[Si](C)(C)C(C)(C)C. The molecule has 0 aromatic heterocycles. The fraction of sp³-hybridized carbons (Fsp3) is 0.929. The van der Waals surface area contributed by atoms with E-state index in [9.17, 15) is 4.79 Å². The molecule has 5 heteroatoms. The molecule has 0 unspecified atom stereocenters. The van der Waals surface area contributed by atoms with E-state index >= 15 is 0 Å². The van der Waals surface area contributed by atoms with Crippen LogP contribution in [0, 0.1) is 0 Å². The second kappa shape index (κ2) is 6.86. The summed E-state index contributed by atoms with van der Waals surface area (Å²) >= 11 is 0. The number of hydrogen-bond donors (Lipinski definition) is 1. The van der Waals surface area contributed by atoms with E-state index in [2.05, 4.69) is 39.2 Å². The van der Waals surface area contributed by atoms with Crippen molar-refractivity contribution in [2.45, 2.75) is 65.3 Å². The van der Waals surface area contributed by atoms with Crippen molar-refractivity contribution in [3.8, 4) is 0 Å². The van der Waals surface area contributed by atoms with E-state index < -0.39 is 13.9 Å². The molecule has 0 saturated carbocycles. The minimum atomic E-state index is -1.68. The third kappa shape index (κ3) is 8.39. The van der Waals surface area contributed by atoms with Crippen molar-refractivity contribution >= 4 is 14.3 Å². The molecular weight excluding hydrogens is 258 g/mol. The zero-order valence-corrected chi connectivity index (χ0v) is 14.8. The Morgan fingerprint density at radius 3 is 2.05 bits per heavy atom. The van der Waals surface area contributed by atoms with E-state index in [4.69, 9.17) is 9.16 Å². The molecular formula is C14H31NO3Si. The summed E-state index contributed by atoms with van der Waals surface area (Å²) in [6.45, 7) is 18.2. The minimum Gasteiger partial charge on any atom is -0.459 e. The van der Waals surface area contributed by atoms with Crippen molar-refractivity contribution in [2.75, 3.05) is 19.7 Å². The van der Waals surface area contributed by atoms with Crippen LogP contribution in [-0.2, 0) is 14.0 Å². The lowest BCUT2D eigenvalue weighted by atomic mass is 10.2. The van der Waals surface area contributed by atoms with Crippen LogP contribution in [0.1, 0.15) is 41.5 Å². The molecule has 4 nitrogen and oxygen atoms in total. The smallest absolute Gasteiger partial charge is 0.320 e. The zero-order valence-electron chi connectivity index (χ0n) is 13.8. The van der Waals surface area contributed by atoms with Crippen LogP contribution in [0.5, 0.6) is 0 Å². The van der Waals surface area contributed by atoms with Gasteiger partial charge in [0.15, 0.2) is 8.32 Å². The Morgan fingerprint density at radius 2 is 1.63 bits per heavy atom. The topological polar surface area (TPSA) is 47.6 Å². The maximum Gasteiger partial charge on any atom is 0.320 e. The Balaban J connectivity index is 3.81. The number of carbonyl (C=O) groups is 1. The van der Waals surface area contributed by atoms with Gasteiger partial charge in [-0.1, -0.05) is 20.8 Å². The van der Waals surface area contributed by atoms with Gasteiger partial charge in [0, 0.05) is 13.2 Å². The lowest BCUT2D eigenvalue weighted by Crippen LogP contribution is -2.42. The summed E-state index contributed by atoms with van der Waals surface area (Å²) in [5.74, 6) is -0.222. The third-order valence-corrected chi connectivity index (χ3v) is 7.78. The van der Waals surface area contributed by atoms with Gasteiger partial charge in [-0.15, -0.1) is 0 Å². The van der Waals surface area contributed by atoms with Gasteiger partial charge in [-0.05, 0) is 38.9 Å². The predicted molar refractivity (Wildman–Crippen MR) is 81.9 cm³/mol. The van der Waals surface area contributed by atoms with E-state index in [1.165, 1.54) is 0 Å². The first-order valence-corrected chi connectivity index (χ1v) is 9.82. The van der Waals surface area contributed by atoms with Gasteiger partial charge < -0.3 is 14.5 Å². The first-order chi connectivity index (χ1) is 8.35. The molecule has 0 heterocycles. The van der Waals surface area contributed by atoms with Crippen molar-refractivity contribution in [3.63, 3.8) is 0 Å². The normalized spacial score (nSPS) is 13.5. The number of esters is 1. The molecule has 0 aliphatic heterocycles. The van der Waals surface area contributed by atoms with Gasteiger partial charge in [0.05, 0.1) is 6.54 Å². The lowest BCUT2D eigenvalue weighted by Gasteiger charge is -2.36. The Hall–Kier alpha value is -0.393. The van der Waals surface area contributed by atoms with Gasteiger partial charge in [-0.3, -0.25) is 4.79 Å². The summed E-state index contributed by atoms with van der Waals surface area (Å²) in [6.07, 6.45) is 0. The highest BCUT2D eigenvalue weighted by molar-refractivity contribution is 6.74. The van der Waals surface area contributed by atoms with Crippen LogP contribution in [0.25, 0.3) is 0 Å². The van der Waals surface area contributed by atoms with Gasteiger partial charge in [0.2, 0.25) is 0 Å². The second-order valence-electron chi connectivity index (χ2n) is 7.37. The number of ether oxygens (including phenoxy) is 1. The molecule has 0 aromatic rings. The number of carbonyl (C=O) groups excluding carboxylic acids is 1. The molecule has 0 atom stereocenters. The van der Waals surface area contributed by atoms with Crippen molar-refractivity contribution in [1.29, 1.82) is 0 Å². The molecule has 0 spiro atoms. The summed E-state index contributed by atoms with van der Waals surface area (Å²) in [6, 6.07) is 0. The molecule has 0 aromatic carbocycles. The fourth-order valence-corrected chi connectivity index (χ4v) is 2.21. The lowest BCUT2D eigenvalue weighted by molar-refractivity contribution is -0.153. The molecule has 0 radical (unpaired) electrons. The summed E-state index contributed by atoms with van der Waals surface area (Å²) in [5.41, 5.74) is -0.420. The molecule has 0 aliphatic carbocycles. The summed E-state index contributed by atoms with van der Waals surface area (Å²) in [7, 11) is -1.68. The van der Waals surface area contributed by atoms with E-state index in [-0.39, 0.29) is 17.6 Å². The van der Waals surface area contributed by atoms with Crippen LogP contribution >= 0.6 is 0 Å². The molecule has 1 N–H and O–H groups in total. The zero-order chi connectivity index (χ0) is 15.3. The Morgan fingerprint density at radius 1 is 1.11 bits per heavy atom. The summed E-state index contributed by atoms with van der Waals surface area (Å²) in [4.78, 5) is 11.5. The maximum atomic E-state index is 11.5. The molecule has 0 rings (SSSR count). The largest absolute Gasteiger partial charge is 0.459 e. The third-order valence-electron chi connectivity index (χ3n) is 3.24. The molecule has 114 valence electrons. The molecule has 0 saturated heterocycles. The van der Waals surface area contributed by atoms with Gasteiger partial charge in [0.25, 0.3) is 0 Å². The summed E-state index contributed by atoms with van der Waals surface area (Å²) in [5, 5.41) is 3.27. The van der Waals surface area contributed by atoms with Crippen LogP contribution in [0.2, 0.25) is 18.1 Å². The van der Waals surface area contributed by atoms with E-state index in [0.29, 0.717) is 13.2 Å². The van der Waals surface area contributed by atoms with Crippen molar-refractivity contribution in [2.24, 2.45) is 0 Å². The predicted octanol–water partition coefficient (Wildman–Crippen LogP) is 2.94. The van der Waals surface area contributed by atoms with E-state index in [1.807, 2.05) is 20.8 Å². The van der Waals surface area contributed by atoms with Crippen LogP contribution < -0.4 is 5.32 Å². The maximum absolute atomic E-state index is 11.5. The molecule has 0 aliphatic rings. The van der Waals surface area contributed by atoms with Crippen molar-refractivity contribution in [3.05, 3.63) is 0 Å². The Kier molecular flexibility index (Phi) is 6.72. The monoisotopic (exact) mass is 289 g/mol. The molecule has 0 bridgehead atoms. The average molecular weight is 289 g/mol. The van der Waals surface area contributed by atoms with E-state index in [1.54, 1.807) is 0 Å². The van der Waals surface area contributed by atoms with E-state index in [0.717, 1.165) is 0 Å². The van der Waals surface area contributed by atoms with Gasteiger partial charge in [-0.25, -0.2) is 0 Å². The first kappa shape index (κ1) is 18.6. The fourth-order valence-electron chi connectivity index (χ4n) is 1.16. The number of rotatable bonds is 6. The highest BCUT2D eigenvalue weighted by Gasteiger charge is 2.36. The Labute approximate surface area is 119 Å². The van der Waals surface area contributed by atoms with Crippen molar-refractivity contribution in [1.82, 2.24) is 5.32 Å². The second-order valence-corrected chi connectivity index (χ2v) is 12.2. The summed E-state index contributed by atoms with van der Waals surface area (Å²) < 4.78 is 11.2. The Bertz CT molecular complexity index is 290. The van der Waals surface area contributed by atoms with Crippen LogP contribution in [0.15, 0.2) is 0 Å². The standard InChI is InChI=1S/C14H31NO3Si/c1-13(2,3)18-12(16)11-15-9-10-17-19(7,8)14(4,5)6/h15H,9-11H2,1-8H3. The first-order valence-electron chi connectivity index (χ1n) is 6.92. The van der Waals surface area contributed by atoms with Crippen LogP contribution in [0.3, 0.4) is 0 Å². The molecule has 19 heavy (non-hydrogen) atoms. The minimum absolute atomic E-state index is 0.220. The average Bonchev–Trinajstić information content (AvgIpc) is 2.11. The van der Waals surface area contributed by atoms with Gasteiger partial charge >= 0.3 is 5.97 Å². The number of hydrogen-bond acceptors (Lipinski definition) is 4. The quantitative estimate of drug-likeness (QED) is 0.464. The van der Waals surface area contributed by atoms with Gasteiger partial charge in [-0.2, -0.15) is 0 Å². The highest BCUT2D eigenvalue weighted by atomic mass is 28.4. The molecule has 0 amide bonds. The van der Waals surface area contributed by atoms with Crippen molar-refractivity contribution < 1.29 is 14.0 Å².